The highest BCUT2D eigenvalue weighted by Gasteiger charge is 2.18. The molecule has 0 saturated carbocycles. The molecule has 0 amide bonds. The van der Waals surface area contributed by atoms with E-state index in [1.54, 1.807) is 5.51 Å². The molecule has 0 aliphatic heterocycles. The first-order chi connectivity index (χ1) is 8.70. The molecule has 0 aliphatic rings. The summed E-state index contributed by atoms with van der Waals surface area (Å²) in [5.41, 5.74) is 2.34. The average molecular weight is 269 g/mol. The molecule has 1 atom stereocenters. The molecule has 0 bridgehead atoms. The molecule has 0 radical (unpaired) electrons. The minimum Gasteiger partial charge on any atom is -0.481 e. The van der Waals surface area contributed by atoms with Crippen LogP contribution in [-0.2, 0) is 16.1 Å². The van der Waals surface area contributed by atoms with E-state index in [1.165, 1.54) is 23.1 Å². The summed E-state index contributed by atoms with van der Waals surface area (Å²) in [6, 6.07) is 0. The third kappa shape index (κ3) is 2.87. The van der Waals surface area contributed by atoms with Crippen LogP contribution in [0, 0.1) is 0 Å². The number of thiazole rings is 1. The lowest BCUT2D eigenvalue weighted by Crippen LogP contribution is -2.23. The Morgan fingerprint density at radius 1 is 1.67 bits per heavy atom. The van der Waals surface area contributed by atoms with Crippen molar-refractivity contribution in [1.82, 2.24) is 25.2 Å². The van der Waals surface area contributed by atoms with Crippen molar-refractivity contribution in [2.45, 2.75) is 19.1 Å². The molecule has 8 nitrogen and oxygen atoms in total. The highest BCUT2D eigenvalue weighted by Crippen LogP contribution is 2.16. The topological polar surface area (TPSA) is 103 Å². The number of methoxy groups -OCH3 is 1. The van der Waals surface area contributed by atoms with Gasteiger partial charge in [0.05, 0.1) is 24.6 Å². The van der Waals surface area contributed by atoms with Crippen molar-refractivity contribution in [2.75, 3.05) is 7.11 Å². The summed E-state index contributed by atoms with van der Waals surface area (Å²) >= 11 is 1.44. The maximum Gasteiger partial charge on any atom is 0.306 e. The second-order valence-electron chi connectivity index (χ2n) is 3.51. The van der Waals surface area contributed by atoms with Crippen LogP contribution in [0.3, 0.4) is 0 Å². The Labute approximate surface area is 106 Å². The lowest BCUT2D eigenvalue weighted by molar-refractivity contribution is -0.139. The molecule has 0 saturated heterocycles. The van der Waals surface area contributed by atoms with Crippen molar-refractivity contribution in [1.29, 1.82) is 0 Å². The van der Waals surface area contributed by atoms with Crippen LogP contribution in [-0.4, -0.2) is 49.5 Å². The summed E-state index contributed by atoms with van der Waals surface area (Å²) in [6.07, 6.45) is -0.587. The van der Waals surface area contributed by atoms with E-state index in [0.29, 0.717) is 11.5 Å². The van der Waals surface area contributed by atoms with E-state index in [9.17, 15) is 4.79 Å². The molecule has 0 aliphatic carbocycles. The van der Waals surface area contributed by atoms with Crippen LogP contribution < -0.4 is 0 Å². The van der Waals surface area contributed by atoms with E-state index in [4.69, 9.17) is 9.84 Å². The highest BCUT2D eigenvalue weighted by molar-refractivity contribution is 7.07. The van der Waals surface area contributed by atoms with Crippen molar-refractivity contribution in [3.05, 3.63) is 10.9 Å². The summed E-state index contributed by atoms with van der Waals surface area (Å²) in [5.74, 6) is -0.422. The number of tetrazole rings is 1. The number of carboxylic acids is 1. The highest BCUT2D eigenvalue weighted by atomic mass is 32.1. The quantitative estimate of drug-likeness (QED) is 0.803. The standard InChI is InChI=1S/C9H11N5O3S/c1-17-6(2-8(15)16)3-14-9(11-12-13-14)7-4-18-5-10-7/h4-6H,2-3H2,1H3,(H,15,16). The molecular formula is C9H11N5O3S. The summed E-state index contributed by atoms with van der Waals surface area (Å²) < 4.78 is 6.58. The summed E-state index contributed by atoms with van der Waals surface area (Å²) in [5, 5.41) is 21.8. The molecule has 1 N–H and O–H groups in total. The number of nitrogens with zero attached hydrogens (tertiary/aromatic N) is 5. The smallest absolute Gasteiger partial charge is 0.306 e. The fraction of sp³-hybridized carbons (Fsp3) is 0.444. The molecule has 2 aromatic heterocycles. The zero-order valence-electron chi connectivity index (χ0n) is 9.55. The van der Waals surface area contributed by atoms with Gasteiger partial charge in [-0.05, 0) is 10.4 Å². The van der Waals surface area contributed by atoms with E-state index < -0.39 is 12.1 Å². The SMILES string of the molecule is COC(CC(=O)O)Cn1nnnc1-c1cscn1. The molecule has 1 unspecified atom stereocenters. The zero-order chi connectivity index (χ0) is 13.0. The first kappa shape index (κ1) is 12.6. The van der Waals surface area contributed by atoms with Gasteiger partial charge in [0.25, 0.3) is 0 Å². The molecular weight excluding hydrogens is 258 g/mol. The van der Waals surface area contributed by atoms with Crippen molar-refractivity contribution in [3.8, 4) is 11.5 Å². The molecule has 0 spiro atoms. The van der Waals surface area contributed by atoms with Crippen LogP contribution in [0.25, 0.3) is 11.5 Å². The molecule has 0 aromatic carbocycles. The first-order valence-electron chi connectivity index (χ1n) is 5.10. The van der Waals surface area contributed by atoms with Crippen molar-refractivity contribution < 1.29 is 14.6 Å². The van der Waals surface area contributed by atoms with Gasteiger partial charge in [-0.2, -0.15) is 0 Å². The molecule has 0 fully saturated rings. The number of rotatable bonds is 6. The Hall–Kier alpha value is -1.87. The van der Waals surface area contributed by atoms with E-state index in [2.05, 4.69) is 20.5 Å². The minimum atomic E-state index is -0.926. The maximum absolute atomic E-state index is 10.7. The van der Waals surface area contributed by atoms with E-state index >= 15 is 0 Å². The number of hydrogen-bond donors (Lipinski definition) is 1. The predicted molar refractivity (Wildman–Crippen MR) is 62.0 cm³/mol. The Morgan fingerprint density at radius 2 is 2.50 bits per heavy atom. The van der Waals surface area contributed by atoms with Crippen LogP contribution in [0.1, 0.15) is 6.42 Å². The van der Waals surface area contributed by atoms with Crippen LogP contribution in [0.4, 0.5) is 0 Å². The van der Waals surface area contributed by atoms with Gasteiger partial charge >= 0.3 is 5.97 Å². The van der Waals surface area contributed by atoms with Gasteiger partial charge in [-0.25, -0.2) is 9.67 Å². The van der Waals surface area contributed by atoms with Gasteiger partial charge in [0.15, 0.2) is 0 Å². The second kappa shape index (κ2) is 5.65. The molecule has 2 rings (SSSR count). The van der Waals surface area contributed by atoms with Crippen LogP contribution >= 0.6 is 11.3 Å². The van der Waals surface area contributed by atoms with Crippen molar-refractivity contribution >= 4 is 17.3 Å². The van der Waals surface area contributed by atoms with Crippen LogP contribution in [0.2, 0.25) is 0 Å². The van der Waals surface area contributed by atoms with Gasteiger partial charge in [-0.1, -0.05) is 0 Å². The second-order valence-corrected chi connectivity index (χ2v) is 4.23. The summed E-state index contributed by atoms with van der Waals surface area (Å²) in [4.78, 5) is 14.8. The van der Waals surface area contributed by atoms with E-state index in [0.717, 1.165) is 0 Å². The Bertz CT molecular complexity index is 512. The zero-order valence-corrected chi connectivity index (χ0v) is 10.4. The van der Waals surface area contributed by atoms with Gasteiger partial charge in [0.1, 0.15) is 5.69 Å². The summed E-state index contributed by atoms with van der Waals surface area (Å²) in [7, 11) is 1.46. The number of ether oxygens (including phenoxy) is 1. The fourth-order valence-electron chi connectivity index (χ4n) is 1.44. The number of aliphatic carboxylic acids is 1. The van der Waals surface area contributed by atoms with Gasteiger partial charge in [-0.3, -0.25) is 4.79 Å². The Balaban J connectivity index is 2.14. The first-order valence-corrected chi connectivity index (χ1v) is 6.04. The van der Waals surface area contributed by atoms with Crippen molar-refractivity contribution in [3.63, 3.8) is 0 Å². The average Bonchev–Trinajstić information content (AvgIpc) is 2.96. The minimum absolute atomic E-state index is 0.104. The van der Waals surface area contributed by atoms with E-state index in [1.807, 2.05) is 5.38 Å². The van der Waals surface area contributed by atoms with E-state index in [-0.39, 0.29) is 13.0 Å². The normalized spacial score (nSPS) is 12.5. The number of aromatic nitrogens is 5. The number of carboxylic acid groups (broad SMARTS) is 1. The molecule has 2 heterocycles. The lowest BCUT2D eigenvalue weighted by Gasteiger charge is -2.12. The molecule has 96 valence electrons. The van der Waals surface area contributed by atoms with Gasteiger partial charge in [0, 0.05) is 12.5 Å². The third-order valence-corrected chi connectivity index (χ3v) is 2.89. The van der Waals surface area contributed by atoms with Gasteiger partial charge in [-0.15, -0.1) is 16.4 Å². The van der Waals surface area contributed by atoms with Crippen LogP contribution in [0.15, 0.2) is 10.9 Å². The van der Waals surface area contributed by atoms with Gasteiger partial charge in [0.2, 0.25) is 5.82 Å². The number of hydrogen-bond acceptors (Lipinski definition) is 7. The Morgan fingerprint density at radius 3 is 3.11 bits per heavy atom. The fourth-order valence-corrected chi connectivity index (χ4v) is 1.97. The van der Waals surface area contributed by atoms with Gasteiger partial charge < -0.3 is 9.84 Å². The maximum atomic E-state index is 10.7. The molecule has 9 heteroatoms. The monoisotopic (exact) mass is 269 g/mol. The largest absolute Gasteiger partial charge is 0.481 e. The van der Waals surface area contributed by atoms with Crippen LogP contribution in [0.5, 0.6) is 0 Å². The predicted octanol–water partition coefficient (Wildman–Crippen LogP) is 0.286. The van der Waals surface area contributed by atoms with Crippen molar-refractivity contribution in [2.24, 2.45) is 0 Å². The summed E-state index contributed by atoms with van der Waals surface area (Å²) in [6.45, 7) is 0.267. The molecule has 2 aromatic rings. The number of carbonyl (C=O) groups is 1. The third-order valence-electron chi connectivity index (χ3n) is 2.31. The lowest BCUT2D eigenvalue weighted by atomic mass is 10.2. The molecule has 18 heavy (non-hydrogen) atoms. The Kier molecular flexibility index (Phi) is 3.95.